The molecule has 0 saturated carbocycles. The van der Waals surface area contributed by atoms with Gasteiger partial charge in [-0.15, -0.1) is 0 Å². The molecule has 0 bridgehead atoms. The second kappa shape index (κ2) is 7.81. The highest BCUT2D eigenvalue weighted by Gasteiger charge is 2.17. The first-order valence-corrected chi connectivity index (χ1v) is 9.79. The van der Waals surface area contributed by atoms with Gasteiger partial charge in [0.2, 0.25) is 0 Å². The molecule has 4 heteroatoms. The van der Waals surface area contributed by atoms with Gasteiger partial charge in [-0.1, -0.05) is 36.4 Å². The van der Waals surface area contributed by atoms with E-state index in [1.165, 1.54) is 0 Å². The summed E-state index contributed by atoms with van der Waals surface area (Å²) in [6.45, 7) is 7.58. The lowest BCUT2D eigenvalue weighted by Crippen LogP contribution is -2.00. The Balaban J connectivity index is 1.83. The van der Waals surface area contributed by atoms with Gasteiger partial charge < -0.3 is 9.30 Å². The second-order valence-corrected chi connectivity index (χ2v) is 7.16. The number of ether oxygens (including phenoxy) is 1. The summed E-state index contributed by atoms with van der Waals surface area (Å²) in [5.74, 6) is 0.854. The number of aryl methyl sites for hydroxylation is 2. The molecule has 0 radical (unpaired) electrons. The van der Waals surface area contributed by atoms with E-state index in [4.69, 9.17) is 4.74 Å². The van der Waals surface area contributed by atoms with E-state index in [0.717, 1.165) is 51.1 Å². The summed E-state index contributed by atoms with van der Waals surface area (Å²) in [6.07, 6.45) is 2.03. The maximum atomic E-state index is 9.53. The summed E-state index contributed by atoms with van der Waals surface area (Å²) in [4.78, 5) is 4.54. The van der Waals surface area contributed by atoms with Crippen molar-refractivity contribution >= 4 is 11.0 Å². The highest BCUT2D eigenvalue weighted by atomic mass is 16.5. The zero-order valence-corrected chi connectivity index (χ0v) is 16.9. The summed E-state index contributed by atoms with van der Waals surface area (Å²) < 4.78 is 8.22. The van der Waals surface area contributed by atoms with Crippen LogP contribution in [0.1, 0.15) is 29.3 Å². The number of nitriles is 1. The van der Waals surface area contributed by atoms with E-state index in [2.05, 4.69) is 60.7 Å². The van der Waals surface area contributed by atoms with Crippen molar-refractivity contribution in [3.63, 3.8) is 0 Å². The van der Waals surface area contributed by atoms with Gasteiger partial charge in [0.25, 0.3) is 0 Å². The third-order valence-corrected chi connectivity index (χ3v) is 5.32. The SMILES string of the molecule is CCn1ccc2c(-c3c(C)ccc(OCc4ccccc4)c3C)cc(C#N)nc21. The molecule has 0 aliphatic rings. The molecule has 4 rings (SSSR count). The van der Waals surface area contributed by atoms with Gasteiger partial charge in [-0.2, -0.15) is 5.26 Å². The minimum absolute atomic E-state index is 0.426. The third kappa shape index (κ3) is 3.48. The van der Waals surface area contributed by atoms with Gasteiger partial charge in [0, 0.05) is 18.1 Å². The molecule has 2 heterocycles. The molecule has 0 amide bonds. The van der Waals surface area contributed by atoms with Crippen LogP contribution in [0.4, 0.5) is 0 Å². The van der Waals surface area contributed by atoms with Crippen LogP contribution in [0.5, 0.6) is 5.75 Å². The molecule has 29 heavy (non-hydrogen) atoms. The van der Waals surface area contributed by atoms with Crippen molar-refractivity contribution in [2.75, 3.05) is 0 Å². The Bertz CT molecular complexity index is 1220. The fraction of sp³-hybridized carbons (Fsp3) is 0.200. The normalized spacial score (nSPS) is 10.8. The topological polar surface area (TPSA) is 50.8 Å². The molecule has 0 fully saturated rings. The molecule has 0 N–H and O–H groups in total. The zero-order chi connectivity index (χ0) is 20.4. The average Bonchev–Trinajstić information content (AvgIpc) is 3.17. The summed E-state index contributed by atoms with van der Waals surface area (Å²) in [5.41, 5.74) is 6.75. The van der Waals surface area contributed by atoms with Crippen LogP contribution in [-0.4, -0.2) is 9.55 Å². The van der Waals surface area contributed by atoms with E-state index in [0.29, 0.717) is 12.3 Å². The van der Waals surface area contributed by atoms with Gasteiger partial charge in [-0.25, -0.2) is 4.98 Å². The first-order valence-electron chi connectivity index (χ1n) is 9.79. The molecule has 0 aliphatic heterocycles. The quantitative estimate of drug-likeness (QED) is 0.439. The van der Waals surface area contributed by atoms with Crippen molar-refractivity contribution in [2.24, 2.45) is 0 Å². The molecule has 144 valence electrons. The summed E-state index contributed by atoms with van der Waals surface area (Å²) >= 11 is 0. The van der Waals surface area contributed by atoms with Crippen molar-refractivity contribution in [1.82, 2.24) is 9.55 Å². The van der Waals surface area contributed by atoms with Gasteiger partial charge >= 0.3 is 0 Å². The van der Waals surface area contributed by atoms with Gasteiger partial charge in [0.15, 0.2) is 0 Å². The van der Waals surface area contributed by atoms with Crippen molar-refractivity contribution < 1.29 is 4.74 Å². The van der Waals surface area contributed by atoms with E-state index in [1.54, 1.807) is 0 Å². The maximum absolute atomic E-state index is 9.53. The van der Waals surface area contributed by atoms with Crippen LogP contribution in [0.15, 0.2) is 60.8 Å². The Morgan fingerprint density at radius 1 is 1.07 bits per heavy atom. The summed E-state index contributed by atoms with van der Waals surface area (Å²) in [6, 6.07) is 20.4. The Hall–Kier alpha value is -3.58. The van der Waals surface area contributed by atoms with Crippen LogP contribution >= 0.6 is 0 Å². The Labute approximate surface area is 171 Å². The van der Waals surface area contributed by atoms with Gasteiger partial charge in [-0.3, -0.25) is 0 Å². The first-order chi connectivity index (χ1) is 14.1. The summed E-state index contributed by atoms with van der Waals surface area (Å²) in [7, 11) is 0. The van der Waals surface area contributed by atoms with E-state index >= 15 is 0 Å². The highest BCUT2D eigenvalue weighted by Crippen LogP contribution is 2.37. The Kier molecular flexibility index (Phi) is 5.05. The molecule has 0 atom stereocenters. The van der Waals surface area contributed by atoms with E-state index < -0.39 is 0 Å². The lowest BCUT2D eigenvalue weighted by molar-refractivity contribution is 0.304. The van der Waals surface area contributed by atoms with Crippen LogP contribution in [0.2, 0.25) is 0 Å². The van der Waals surface area contributed by atoms with Crippen LogP contribution in [0.25, 0.3) is 22.2 Å². The predicted octanol–water partition coefficient (Wildman–Crippen LogP) is 5.79. The number of hydrogen-bond donors (Lipinski definition) is 0. The molecule has 0 spiro atoms. The fourth-order valence-electron chi connectivity index (χ4n) is 3.81. The van der Waals surface area contributed by atoms with Gasteiger partial charge in [0.05, 0.1) is 0 Å². The van der Waals surface area contributed by atoms with Crippen molar-refractivity contribution in [1.29, 1.82) is 5.26 Å². The molecule has 4 nitrogen and oxygen atoms in total. The number of rotatable bonds is 5. The van der Waals surface area contributed by atoms with Gasteiger partial charge in [-0.05, 0) is 66.8 Å². The molecule has 2 aromatic carbocycles. The van der Waals surface area contributed by atoms with E-state index in [1.807, 2.05) is 36.5 Å². The van der Waals surface area contributed by atoms with Crippen LogP contribution in [-0.2, 0) is 13.2 Å². The van der Waals surface area contributed by atoms with Crippen molar-refractivity contribution in [3.8, 4) is 22.9 Å². The number of benzene rings is 2. The smallest absolute Gasteiger partial charge is 0.143 e. The molecular formula is C25H23N3O. The fourth-order valence-corrected chi connectivity index (χ4v) is 3.81. The van der Waals surface area contributed by atoms with Crippen molar-refractivity contribution in [2.45, 2.75) is 33.9 Å². The average molecular weight is 381 g/mol. The third-order valence-electron chi connectivity index (χ3n) is 5.32. The lowest BCUT2D eigenvalue weighted by atomic mass is 9.93. The van der Waals surface area contributed by atoms with Crippen LogP contribution in [0, 0.1) is 25.2 Å². The molecule has 0 aliphatic carbocycles. The largest absolute Gasteiger partial charge is 0.489 e. The zero-order valence-electron chi connectivity index (χ0n) is 16.9. The summed E-state index contributed by atoms with van der Waals surface area (Å²) in [5, 5.41) is 10.6. The monoisotopic (exact) mass is 381 g/mol. The van der Waals surface area contributed by atoms with Crippen LogP contribution in [0.3, 0.4) is 0 Å². The number of fused-ring (bicyclic) bond motifs is 1. The van der Waals surface area contributed by atoms with E-state index in [-0.39, 0.29) is 0 Å². The molecule has 0 saturated heterocycles. The standard InChI is InChI=1S/C25H23N3O/c1-4-28-13-12-21-22(14-20(15-26)27-25(21)28)24-17(2)10-11-23(18(24)3)29-16-19-8-6-5-7-9-19/h5-14H,4,16H2,1-3H3. The maximum Gasteiger partial charge on any atom is 0.143 e. The minimum atomic E-state index is 0.426. The molecule has 2 aromatic heterocycles. The predicted molar refractivity (Wildman–Crippen MR) is 116 cm³/mol. The molecule has 4 aromatic rings. The number of nitrogens with zero attached hydrogens (tertiary/aromatic N) is 3. The number of aromatic nitrogens is 2. The molecular weight excluding hydrogens is 358 g/mol. The Morgan fingerprint density at radius 2 is 1.86 bits per heavy atom. The Morgan fingerprint density at radius 3 is 2.59 bits per heavy atom. The minimum Gasteiger partial charge on any atom is -0.489 e. The van der Waals surface area contributed by atoms with E-state index in [9.17, 15) is 5.26 Å². The van der Waals surface area contributed by atoms with Crippen molar-refractivity contribution in [3.05, 3.63) is 83.2 Å². The molecule has 0 unspecified atom stereocenters. The van der Waals surface area contributed by atoms with Crippen LogP contribution < -0.4 is 4.74 Å². The van der Waals surface area contributed by atoms with Gasteiger partial charge in [0.1, 0.15) is 29.8 Å². The highest BCUT2D eigenvalue weighted by molar-refractivity contribution is 5.96. The number of hydrogen-bond acceptors (Lipinski definition) is 3. The first kappa shape index (κ1) is 18.8. The number of pyridine rings is 1. The lowest BCUT2D eigenvalue weighted by Gasteiger charge is -2.17. The second-order valence-electron chi connectivity index (χ2n) is 7.16.